The second-order valence-corrected chi connectivity index (χ2v) is 6.24. The molecular weight excluding hydrogens is 305 g/mol. The predicted molar refractivity (Wildman–Crippen MR) is 88.7 cm³/mol. The zero-order valence-corrected chi connectivity index (χ0v) is 13.4. The maximum absolute atomic E-state index is 13.8. The van der Waals surface area contributed by atoms with E-state index >= 15 is 0 Å². The highest BCUT2D eigenvalue weighted by atomic mass is 19.1. The van der Waals surface area contributed by atoms with Crippen molar-refractivity contribution in [1.29, 1.82) is 0 Å². The highest BCUT2D eigenvalue weighted by molar-refractivity contribution is 5.18. The molecule has 24 heavy (non-hydrogen) atoms. The van der Waals surface area contributed by atoms with Gasteiger partial charge in [0.25, 0.3) is 0 Å². The van der Waals surface area contributed by atoms with Crippen LogP contribution in [0.25, 0.3) is 0 Å². The molecule has 4 rings (SSSR count). The zero-order chi connectivity index (χ0) is 16.4. The summed E-state index contributed by atoms with van der Waals surface area (Å²) in [4.78, 5) is 10.0. The molecule has 124 valence electrons. The van der Waals surface area contributed by atoms with Gasteiger partial charge in [-0.3, -0.25) is 9.58 Å². The second-order valence-electron chi connectivity index (χ2n) is 6.24. The number of rotatable bonds is 5. The summed E-state index contributed by atoms with van der Waals surface area (Å²) in [5, 5.41) is 4.38. The Kier molecular flexibility index (Phi) is 4.13. The van der Waals surface area contributed by atoms with Crippen LogP contribution in [0.2, 0.25) is 0 Å². The van der Waals surface area contributed by atoms with Gasteiger partial charge in [-0.25, -0.2) is 9.37 Å². The summed E-state index contributed by atoms with van der Waals surface area (Å²) >= 11 is 0. The van der Waals surface area contributed by atoms with Crippen molar-refractivity contribution >= 4 is 0 Å². The van der Waals surface area contributed by atoms with Crippen molar-refractivity contribution in [2.45, 2.75) is 32.0 Å². The lowest BCUT2D eigenvalue weighted by Gasteiger charge is -2.21. The van der Waals surface area contributed by atoms with Gasteiger partial charge in [0.15, 0.2) is 0 Å². The van der Waals surface area contributed by atoms with E-state index in [0.717, 1.165) is 30.9 Å². The molecule has 5 nitrogen and oxygen atoms in total. The first-order valence-electron chi connectivity index (χ1n) is 8.27. The molecule has 0 amide bonds. The van der Waals surface area contributed by atoms with Crippen LogP contribution in [-0.2, 0) is 13.1 Å². The van der Waals surface area contributed by atoms with E-state index in [0.29, 0.717) is 18.2 Å². The Morgan fingerprint density at radius 3 is 3.00 bits per heavy atom. The third kappa shape index (κ3) is 3.10. The lowest BCUT2D eigenvalue weighted by molar-refractivity contribution is 0.241. The van der Waals surface area contributed by atoms with Crippen LogP contribution in [0.15, 0.2) is 49.1 Å². The Morgan fingerprint density at radius 2 is 2.17 bits per heavy atom. The Hall–Kier alpha value is -2.47. The highest BCUT2D eigenvalue weighted by Crippen LogP contribution is 2.30. The summed E-state index contributed by atoms with van der Waals surface area (Å²) < 4.78 is 15.6. The van der Waals surface area contributed by atoms with Gasteiger partial charge in [-0.2, -0.15) is 5.10 Å². The molecule has 3 heterocycles. The van der Waals surface area contributed by atoms with E-state index in [1.165, 1.54) is 12.5 Å². The fraction of sp³-hybridized carbons (Fsp3) is 0.333. The van der Waals surface area contributed by atoms with Gasteiger partial charge in [-0.15, -0.1) is 0 Å². The van der Waals surface area contributed by atoms with Crippen LogP contribution in [-0.4, -0.2) is 31.2 Å². The molecule has 1 saturated heterocycles. The molecule has 0 bridgehead atoms. The van der Waals surface area contributed by atoms with Crippen molar-refractivity contribution in [3.8, 4) is 0 Å². The summed E-state index contributed by atoms with van der Waals surface area (Å²) in [5.74, 6) is 0.846. The normalized spacial score (nSPS) is 18.3. The maximum atomic E-state index is 13.8. The minimum absolute atomic E-state index is 0.188. The Morgan fingerprint density at radius 1 is 1.25 bits per heavy atom. The van der Waals surface area contributed by atoms with Crippen LogP contribution in [0.3, 0.4) is 0 Å². The summed E-state index contributed by atoms with van der Waals surface area (Å²) in [6.45, 7) is 2.35. The van der Waals surface area contributed by atoms with Crippen molar-refractivity contribution in [2.24, 2.45) is 0 Å². The van der Waals surface area contributed by atoms with Gasteiger partial charge in [0.05, 0.1) is 18.8 Å². The number of halogens is 1. The van der Waals surface area contributed by atoms with E-state index in [2.05, 4.69) is 20.0 Å². The van der Waals surface area contributed by atoms with Gasteiger partial charge >= 0.3 is 0 Å². The minimum atomic E-state index is -0.188. The van der Waals surface area contributed by atoms with Crippen molar-refractivity contribution in [1.82, 2.24) is 24.6 Å². The summed E-state index contributed by atoms with van der Waals surface area (Å²) in [6, 6.07) is 7.17. The molecule has 6 heteroatoms. The molecule has 0 spiro atoms. The molecule has 1 unspecified atom stereocenters. The molecule has 1 N–H and O–H groups in total. The average molecular weight is 325 g/mol. The molecule has 0 saturated carbocycles. The highest BCUT2D eigenvalue weighted by Gasteiger charge is 2.27. The number of hydrogen-bond donors (Lipinski definition) is 1. The van der Waals surface area contributed by atoms with E-state index in [-0.39, 0.29) is 5.82 Å². The van der Waals surface area contributed by atoms with Gasteiger partial charge in [0.2, 0.25) is 0 Å². The SMILES string of the molecule is Fc1ccccc1Cn1cc(CN2CCCC2c2ncc[nH]2)cn1. The molecule has 3 aromatic rings. The predicted octanol–water partition coefficient (Wildman–Crippen LogP) is 3.13. The van der Waals surface area contributed by atoms with Crippen LogP contribution >= 0.6 is 0 Å². The molecule has 1 aromatic carbocycles. The lowest BCUT2D eigenvalue weighted by atomic mass is 10.2. The number of nitrogens with one attached hydrogen (secondary N) is 1. The van der Waals surface area contributed by atoms with E-state index in [4.69, 9.17) is 0 Å². The largest absolute Gasteiger partial charge is 0.347 e. The number of nitrogens with zero attached hydrogens (tertiary/aromatic N) is 4. The number of likely N-dealkylation sites (tertiary alicyclic amines) is 1. The number of benzene rings is 1. The molecule has 2 aromatic heterocycles. The quantitative estimate of drug-likeness (QED) is 0.784. The molecule has 0 aliphatic carbocycles. The number of imidazole rings is 1. The van der Waals surface area contributed by atoms with Gasteiger partial charge in [0, 0.05) is 36.3 Å². The van der Waals surface area contributed by atoms with E-state index in [1.54, 1.807) is 23.0 Å². The average Bonchev–Trinajstić information content (AvgIpc) is 3.32. The zero-order valence-electron chi connectivity index (χ0n) is 13.4. The topological polar surface area (TPSA) is 49.7 Å². The number of hydrogen-bond acceptors (Lipinski definition) is 3. The van der Waals surface area contributed by atoms with Crippen molar-refractivity contribution in [3.05, 3.63) is 71.8 Å². The first-order chi connectivity index (χ1) is 11.8. The van der Waals surface area contributed by atoms with Crippen molar-refractivity contribution in [2.75, 3.05) is 6.54 Å². The van der Waals surface area contributed by atoms with Crippen LogP contribution in [0.1, 0.15) is 35.8 Å². The van der Waals surface area contributed by atoms with Crippen molar-refractivity contribution in [3.63, 3.8) is 0 Å². The summed E-state index contributed by atoms with van der Waals surface area (Å²) in [7, 11) is 0. The molecular formula is C18H20FN5. The molecule has 1 atom stereocenters. The molecule has 0 radical (unpaired) electrons. The van der Waals surface area contributed by atoms with Crippen LogP contribution in [0, 0.1) is 5.82 Å². The fourth-order valence-corrected chi connectivity index (χ4v) is 3.39. The van der Waals surface area contributed by atoms with Crippen LogP contribution in [0.5, 0.6) is 0 Å². The smallest absolute Gasteiger partial charge is 0.128 e. The maximum Gasteiger partial charge on any atom is 0.128 e. The van der Waals surface area contributed by atoms with Gasteiger partial charge in [-0.05, 0) is 25.5 Å². The van der Waals surface area contributed by atoms with E-state index in [1.807, 2.05) is 24.7 Å². The first-order valence-corrected chi connectivity index (χ1v) is 8.27. The minimum Gasteiger partial charge on any atom is -0.347 e. The van der Waals surface area contributed by atoms with Crippen molar-refractivity contribution < 1.29 is 4.39 Å². The fourth-order valence-electron chi connectivity index (χ4n) is 3.39. The molecule has 1 aliphatic rings. The van der Waals surface area contributed by atoms with Gasteiger partial charge in [-0.1, -0.05) is 18.2 Å². The van der Waals surface area contributed by atoms with Gasteiger partial charge in [0.1, 0.15) is 11.6 Å². The standard InChI is InChI=1S/C18H20FN5/c19-16-5-2-1-4-15(16)13-24-12-14(10-22-24)11-23-9-3-6-17(23)18-20-7-8-21-18/h1-2,4-5,7-8,10,12,17H,3,6,9,11,13H2,(H,20,21). The third-order valence-corrected chi connectivity index (χ3v) is 4.56. The monoisotopic (exact) mass is 325 g/mol. The Bertz CT molecular complexity index is 795. The third-order valence-electron chi connectivity index (χ3n) is 4.56. The van der Waals surface area contributed by atoms with Crippen LogP contribution in [0.4, 0.5) is 4.39 Å². The van der Waals surface area contributed by atoms with E-state index < -0.39 is 0 Å². The number of aromatic nitrogens is 4. The summed E-state index contributed by atoms with van der Waals surface area (Å²) in [5.41, 5.74) is 1.80. The number of H-pyrrole nitrogens is 1. The Balaban J connectivity index is 1.44. The van der Waals surface area contributed by atoms with Gasteiger partial charge < -0.3 is 4.98 Å². The first kappa shape index (κ1) is 15.1. The second kappa shape index (κ2) is 6.57. The lowest BCUT2D eigenvalue weighted by Crippen LogP contribution is -2.23. The van der Waals surface area contributed by atoms with E-state index in [9.17, 15) is 4.39 Å². The molecule has 1 fully saturated rings. The Labute approximate surface area is 140 Å². The number of aromatic amines is 1. The summed E-state index contributed by atoms with van der Waals surface area (Å²) in [6.07, 6.45) is 9.85. The van der Waals surface area contributed by atoms with Crippen LogP contribution < -0.4 is 0 Å². The molecule has 1 aliphatic heterocycles.